The monoisotopic (exact) mass is 714 g/mol. The number of hydrogen-bond donors (Lipinski definition) is 4. The number of aliphatic hydroxyl groups is 1. The molecule has 5 rings (SSSR count). The Hall–Kier alpha value is -5.14. The normalized spacial score (nSPS) is 19.2. The molecular weight excluding hydrogens is 664 g/mol. The number of fused-ring (bicyclic) bond motifs is 2. The van der Waals surface area contributed by atoms with E-state index in [1.165, 1.54) is 0 Å². The highest BCUT2D eigenvalue weighted by Gasteiger charge is 2.31. The second-order valence-corrected chi connectivity index (χ2v) is 13.6. The van der Waals surface area contributed by atoms with E-state index in [0.29, 0.717) is 40.9 Å². The summed E-state index contributed by atoms with van der Waals surface area (Å²) in [6.45, 7) is 9.83. The van der Waals surface area contributed by atoms with Gasteiger partial charge in [-0.3, -0.25) is 4.79 Å². The van der Waals surface area contributed by atoms with Gasteiger partial charge in [0.1, 0.15) is 17.1 Å². The Labute approximate surface area is 304 Å². The van der Waals surface area contributed by atoms with Gasteiger partial charge in [0.15, 0.2) is 5.76 Å². The highest BCUT2D eigenvalue weighted by atomic mass is 16.5. The van der Waals surface area contributed by atoms with E-state index in [2.05, 4.69) is 21.1 Å². The fourth-order valence-electron chi connectivity index (χ4n) is 6.30. The van der Waals surface area contributed by atoms with Crippen LogP contribution in [-0.2, 0) is 4.74 Å². The predicted molar refractivity (Wildman–Crippen MR) is 201 cm³/mol. The Bertz CT molecular complexity index is 1840. The molecule has 0 aliphatic carbocycles. The standard InChI is InChI=1S/C39H50N6O7/c1-24-21-45(25(2)23-46)37(47)32-20-30(40-38(48)42-36-27(4)43-52-28(36)5)17-18-34(32)51-26(3)12-9-10-19-50-35(24)22-44(6)39(49)41-33-16-11-14-29-13-7-8-15-31(29)33/h7-8,11,13-18,20,24-26,35,46H,9-10,12,19,21-23H2,1-6H3,(H,41,49)(H2,40,42,48)/t24-,25-,26-,35+/m1/s1. The summed E-state index contributed by atoms with van der Waals surface area (Å²) in [6, 6.07) is 17.3. The van der Waals surface area contributed by atoms with Gasteiger partial charge in [-0.25, -0.2) is 9.59 Å². The number of amides is 5. The van der Waals surface area contributed by atoms with Crippen molar-refractivity contribution in [1.29, 1.82) is 0 Å². The topological polar surface area (TPSA) is 158 Å². The van der Waals surface area contributed by atoms with Crippen LogP contribution in [0.15, 0.2) is 65.2 Å². The van der Waals surface area contributed by atoms with Gasteiger partial charge in [-0.1, -0.05) is 48.5 Å². The fourth-order valence-corrected chi connectivity index (χ4v) is 6.30. The first-order valence-corrected chi connectivity index (χ1v) is 17.8. The Kier molecular flexibility index (Phi) is 12.7. The van der Waals surface area contributed by atoms with Crippen LogP contribution in [0.1, 0.15) is 61.8 Å². The first kappa shape index (κ1) is 38.1. The van der Waals surface area contributed by atoms with Gasteiger partial charge in [-0.2, -0.15) is 0 Å². The second-order valence-electron chi connectivity index (χ2n) is 13.6. The zero-order valence-electron chi connectivity index (χ0n) is 30.8. The molecule has 0 radical (unpaired) electrons. The van der Waals surface area contributed by atoms with Crippen LogP contribution in [-0.4, -0.2) is 89.6 Å². The average molecular weight is 715 g/mol. The molecule has 278 valence electrons. The predicted octanol–water partition coefficient (Wildman–Crippen LogP) is 7.05. The molecule has 5 amide bonds. The molecule has 3 aromatic carbocycles. The molecule has 0 spiro atoms. The Morgan fingerprint density at radius 1 is 1.04 bits per heavy atom. The molecule has 1 aromatic heterocycles. The van der Waals surface area contributed by atoms with Crippen LogP contribution in [0.4, 0.5) is 26.7 Å². The Morgan fingerprint density at radius 2 is 1.81 bits per heavy atom. The molecule has 4 N–H and O–H groups in total. The van der Waals surface area contributed by atoms with Crippen molar-refractivity contribution in [2.45, 2.75) is 72.1 Å². The Balaban J connectivity index is 1.37. The summed E-state index contributed by atoms with van der Waals surface area (Å²) < 4.78 is 17.9. The van der Waals surface area contributed by atoms with E-state index in [9.17, 15) is 19.5 Å². The summed E-state index contributed by atoms with van der Waals surface area (Å²) in [4.78, 5) is 44.1. The van der Waals surface area contributed by atoms with Crippen molar-refractivity contribution >= 4 is 45.8 Å². The number of urea groups is 2. The molecule has 0 saturated heterocycles. The molecule has 1 aliphatic rings. The summed E-state index contributed by atoms with van der Waals surface area (Å²) in [5.41, 5.74) is 2.34. The van der Waals surface area contributed by atoms with Crippen molar-refractivity contribution in [1.82, 2.24) is 15.0 Å². The minimum absolute atomic E-state index is 0.210. The summed E-state index contributed by atoms with van der Waals surface area (Å²) in [6.07, 6.45) is 1.72. The number of nitrogens with one attached hydrogen (secondary N) is 3. The number of carbonyl (C=O) groups is 3. The van der Waals surface area contributed by atoms with Crippen LogP contribution in [0.25, 0.3) is 10.8 Å². The maximum absolute atomic E-state index is 14.5. The van der Waals surface area contributed by atoms with E-state index in [-0.39, 0.29) is 49.2 Å². The van der Waals surface area contributed by atoms with Gasteiger partial charge >= 0.3 is 12.1 Å². The summed E-state index contributed by atoms with van der Waals surface area (Å²) >= 11 is 0. The first-order chi connectivity index (χ1) is 24.9. The lowest BCUT2D eigenvalue weighted by Gasteiger charge is -2.35. The molecule has 4 atom stereocenters. The Morgan fingerprint density at radius 3 is 2.56 bits per heavy atom. The van der Waals surface area contributed by atoms with Crippen LogP contribution in [0, 0.1) is 19.8 Å². The number of likely N-dealkylation sites (N-methyl/N-ethyl adjacent to an activating group) is 1. The molecular formula is C39H50N6O7. The third-order valence-electron chi connectivity index (χ3n) is 9.41. The maximum Gasteiger partial charge on any atom is 0.323 e. The van der Waals surface area contributed by atoms with E-state index in [4.69, 9.17) is 14.0 Å². The molecule has 13 heteroatoms. The van der Waals surface area contributed by atoms with Gasteiger partial charge < -0.3 is 44.9 Å². The first-order valence-electron chi connectivity index (χ1n) is 17.8. The number of aliphatic hydroxyl groups excluding tert-OH is 1. The van der Waals surface area contributed by atoms with E-state index in [1.807, 2.05) is 56.3 Å². The number of aromatic nitrogens is 1. The quantitative estimate of drug-likeness (QED) is 0.159. The second kappa shape index (κ2) is 17.4. The van der Waals surface area contributed by atoms with Crippen molar-refractivity contribution in [3.63, 3.8) is 0 Å². The lowest BCUT2D eigenvalue weighted by atomic mass is 10.0. The third kappa shape index (κ3) is 9.39. The molecule has 0 unspecified atom stereocenters. The van der Waals surface area contributed by atoms with Crippen LogP contribution in [0.2, 0.25) is 0 Å². The fraction of sp³-hybridized carbons (Fsp3) is 0.436. The van der Waals surface area contributed by atoms with E-state index in [0.717, 1.165) is 30.0 Å². The summed E-state index contributed by atoms with van der Waals surface area (Å²) in [5.74, 6) is 0.241. The molecule has 4 aromatic rings. The zero-order chi connectivity index (χ0) is 37.4. The largest absolute Gasteiger partial charge is 0.490 e. The van der Waals surface area contributed by atoms with Crippen LogP contribution in [0.5, 0.6) is 5.75 Å². The minimum Gasteiger partial charge on any atom is -0.490 e. The lowest BCUT2D eigenvalue weighted by Crippen LogP contribution is -2.48. The highest BCUT2D eigenvalue weighted by Crippen LogP contribution is 2.29. The smallest absolute Gasteiger partial charge is 0.323 e. The number of anilines is 3. The molecule has 0 bridgehead atoms. The summed E-state index contributed by atoms with van der Waals surface area (Å²) in [7, 11) is 1.73. The van der Waals surface area contributed by atoms with Crippen LogP contribution < -0.4 is 20.7 Å². The number of ether oxygens (including phenoxy) is 2. The van der Waals surface area contributed by atoms with E-state index < -0.39 is 18.2 Å². The van der Waals surface area contributed by atoms with Gasteiger partial charge in [0.2, 0.25) is 0 Å². The summed E-state index contributed by atoms with van der Waals surface area (Å²) in [5, 5.41) is 24.7. The molecule has 0 saturated carbocycles. The van der Waals surface area contributed by atoms with Gasteiger partial charge in [0.25, 0.3) is 5.91 Å². The molecule has 1 aliphatic heterocycles. The average Bonchev–Trinajstić information content (AvgIpc) is 3.44. The van der Waals surface area contributed by atoms with Crippen molar-refractivity contribution in [2.24, 2.45) is 5.92 Å². The van der Waals surface area contributed by atoms with Gasteiger partial charge in [0, 0.05) is 43.7 Å². The van der Waals surface area contributed by atoms with Gasteiger partial charge in [-0.15, -0.1) is 0 Å². The number of carbonyl (C=O) groups excluding carboxylic acids is 3. The van der Waals surface area contributed by atoms with Crippen molar-refractivity contribution in [3.05, 3.63) is 77.7 Å². The number of aryl methyl sites for hydroxylation is 2. The SMILES string of the molecule is Cc1noc(C)c1NC(=O)Nc1ccc2c(c1)C(=O)N([C@H](C)CO)C[C@@H](C)[C@H](CN(C)C(=O)Nc1cccc3ccccc13)OCCCC[C@@H](C)O2. The van der Waals surface area contributed by atoms with Crippen molar-refractivity contribution < 1.29 is 33.5 Å². The molecule has 13 nitrogen and oxygen atoms in total. The number of rotatable bonds is 7. The number of hydrogen-bond acceptors (Lipinski definition) is 8. The maximum atomic E-state index is 14.5. The van der Waals surface area contributed by atoms with Crippen LogP contribution >= 0.6 is 0 Å². The van der Waals surface area contributed by atoms with Crippen LogP contribution in [0.3, 0.4) is 0 Å². The highest BCUT2D eigenvalue weighted by molar-refractivity contribution is 6.03. The number of nitrogens with zero attached hydrogens (tertiary/aromatic N) is 3. The van der Waals surface area contributed by atoms with E-state index in [1.54, 1.807) is 55.8 Å². The third-order valence-corrected chi connectivity index (χ3v) is 9.41. The number of benzene rings is 3. The van der Waals surface area contributed by atoms with E-state index >= 15 is 0 Å². The van der Waals surface area contributed by atoms with Crippen molar-refractivity contribution in [3.8, 4) is 5.75 Å². The molecule has 0 fully saturated rings. The van der Waals surface area contributed by atoms with Gasteiger partial charge in [-0.05, 0) is 76.6 Å². The van der Waals surface area contributed by atoms with Crippen molar-refractivity contribution in [2.75, 3.05) is 49.3 Å². The molecule has 52 heavy (non-hydrogen) atoms. The van der Waals surface area contributed by atoms with Gasteiger partial charge in [0.05, 0.1) is 36.1 Å². The zero-order valence-corrected chi connectivity index (χ0v) is 30.8. The minimum atomic E-state index is -0.555. The molecule has 2 heterocycles. The lowest BCUT2D eigenvalue weighted by molar-refractivity contribution is -0.0115.